The molecule has 0 radical (unpaired) electrons. The standard InChI is InChI=1S/C18H15FO2S/c1-21-15-5-2-12(3-6-15)11-22-16-9-13-8-14(19)4-7-17(13)18(20)10-16/h2-10,20H,11H2,1H3. The summed E-state index contributed by atoms with van der Waals surface area (Å²) in [5.74, 6) is 1.47. The van der Waals surface area contributed by atoms with Crippen molar-refractivity contribution in [3.05, 3.63) is 66.0 Å². The van der Waals surface area contributed by atoms with Crippen molar-refractivity contribution in [2.75, 3.05) is 7.11 Å². The van der Waals surface area contributed by atoms with Gasteiger partial charge >= 0.3 is 0 Å². The van der Waals surface area contributed by atoms with E-state index in [0.29, 0.717) is 10.8 Å². The summed E-state index contributed by atoms with van der Waals surface area (Å²) in [5.41, 5.74) is 1.16. The lowest BCUT2D eigenvalue weighted by atomic mass is 10.1. The number of ether oxygens (including phenoxy) is 1. The van der Waals surface area contributed by atoms with E-state index < -0.39 is 0 Å². The van der Waals surface area contributed by atoms with E-state index >= 15 is 0 Å². The van der Waals surface area contributed by atoms with Crippen LogP contribution >= 0.6 is 11.8 Å². The molecule has 1 N–H and O–H groups in total. The van der Waals surface area contributed by atoms with Gasteiger partial charge in [-0.1, -0.05) is 12.1 Å². The molecule has 0 amide bonds. The zero-order chi connectivity index (χ0) is 15.5. The Morgan fingerprint density at radius 2 is 1.82 bits per heavy atom. The average molecular weight is 314 g/mol. The summed E-state index contributed by atoms with van der Waals surface area (Å²) in [4.78, 5) is 0.909. The normalized spacial score (nSPS) is 10.8. The molecule has 0 aliphatic rings. The van der Waals surface area contributed by atoms with Crippen LogP contribution in [0.25, 0.3) is 10.8 Å². The van der Waals surface area contributed by atoms with Gasteiger partial charge in [0.1, 0.15) is 17.3 Å². The SMILES string of the molecule is COc1ccc(CSc2cc(O)c3ccc(F)cc3c2)cc1. The molecule has 3 aromatic rings. The summed E-state index contributed by atoms with van der Waals surface area (Å²) < 4.78 is 18.5. The fourth-order valence-corrected chi connectivity index (χ4v) is 3.20. The van der Waals surface area contributed by atoms with Crippen LogP contribution in [-0.2, 0) is 5.75 Å². The van der Waals surface area contributed by atoms with Gasteiger partial charge in [-0.15, -0.1) is 11.8 Å². The molecule has 0 spiro atoms. The maximum absolute atomic E-state index is 13.3. The molecule has 2 nitrogen and oxygen atoms in total. The third-order valence-electron chi connectivity index (χ3n) is 3.43. The fourth-order valence-electron chi connectivity index (χ4n) is 2.27. The number of hydrogen-bond acceptors (Lipinski definition) is 3. The van der Waals surface area contributed by atoms with Crippen molar-refractivity contribution >= 4 is 22.5 Å². The second kappa shape index (κ2) is 6.28. The zero-order valence-corrected chi connectivity index (χ0v) is 12.9. The number of methoxy groups -OCH3 is 1. The monoisotopic (exact) mass is 314 g/mol. The third kappa shape index (κ3) is 3.17. The second-order valence-corrected chi connectivity index (χ2v) is 5.99. The number of halogens is 1. The molecular weight excluding hydrogens is 299 g/mol. The van der Waals surface area contributed by atoms with Gasteiger partial charge in [-0.3, -0.25) is 0 Å². The molecule has 0 fully saturated rings. The molecule has 4 heteroatoms. The number of benzene rings is 3. The molecule has 0 saturated carbocycles. The van der Waals surface area contributed by atoms with Crippen molar-refractivity contribution in [3.63, 3.8) is 0 Å². The average Bonchev–Trinajstić information content (AvgIpc) is 2.53. The van der Waals surface area contributed by atoms with Crippen LogP contribution in [0.15, 0.2) is 59.5 Å². The summed E-state index contributed by atoms with van der Waals surface area (Å²) in [7, 11) is 1.64. The van der Waals surface area contributed by atoms with Crippen LogP contribution in [0.1, 0.15) is 5.56 Å². The zero-order valence-electron chi connectivity index (χ0n) is 12.0. The molecule has 0 aliphatic carbocycles. The molecule has 0 heterocycles. The highest BCUT2D eigenvalue weighted by molar-refractivity contribution is 7.98. The van der Waals surface area contributed by atoms with Crippen LogP contribution in [0.5, 0.6) is 11.5 Å². The number of hydrogen-bond donors (Lipinski definition) is 1. The highest BCUT2D eigenvalue weighted by Crippen LogP contribution is 2.33. The summed E-state index contributed by atoms with van der Waals surface area (Å²) in [6, 6.07) is 15.8. The van der Waals surface area contributed by atoms with E-state index in [4.69, 9.17) is 4.74 Å². The molecular formula is C18H15FO2S. The number of fused-ring (bicyclic) bond motifs is 1. The quantitative estimate of drug-likeness (QED) is 0.688. The first-order chi connectivity index (χ1) is 10.7. The molecule has 0 atom stereocenters. The number of rotatable bonds is 4. The summed E-state index contributed by atoms with van der Waals surface area (Å²) >= 11 is 1.60. The summed E-state index contributed by atoms with van der Waals surface area (Å²) in [5, 5.41) is 11.4. The minimum absolute atomic E-state index is 0.176. The highest BCUT2D eigenvalue weighted by atomic mass is 32.2. The van der Waals surface area contributed by atoms with Crippen LogP contribution in [0.2, 0.25) is 0 Å². The van der Waals surface area contributed by atoms with E-state index in [1.165, 1.54) is 12.1 Å². The molecule has 22 heavy (non-hydrogen) atoms. The summed E-state index contributed by atoms with van der Waals surface area (Å²) in [6.07, 6.45) is 0. The Hall–Kier alpha value is -2.20. The van der Waals surface area contributed by atoms with Gasteiger partial charge in [-0.05, 0) is 53.4 Å². The lowest BCUT2D eigenvalue weighted by Crippen LogP contribution is -1.85. The topological polar surface area (TPSA) is 29.5 Å². The highest BCUT2D eigenvalue weighted by Gasteiger charge is 2.05. The Kier molecular flexibility index (Phi) is 4.20. The van der Waals surface area contributed by atoms with E-state index in [1.807, 2.05) is 30.3 Å². The first-order valence-corrected chi connectivity index (χ1v) is 7.82. The van der Waals surface area contributed by atoms with Gasteiger partial charge in [-0.2, -0.15) is 0 Å². The van der Waals surface area contributed by atoms with E-state index in [1.54, 1.807) is 31.0 Å². The Bertz CT molecular complexity index is 800. The molecule has 0 aromatic heterocycles. The van der Waals surface area contributed by atoms with Gasteiger partial charge in [-0.25, -0.2) is 4.39 Å². The van der Waals surface area contributed by atoms with Crippen LogP contribution in [0.3, 0.4) is 0 Å². The first kappa shape index (κ1) is 14.7. The number of aromatic hydroxyl groups is 1. The Morgan fingerprint density at radius 1 is 1.05 bits per heavy atom. The van der Waals surface area contributed by atoms with Crippen molar-refractivity contribution < 1.29 is 14.2 Å². The number of phenols is 1. The molecule has 0 aliphatic heterocycles. The molecule has 3 aromatic carbocycles. The van der Waals surface area contributed by atoms with Crippen LogP contribution in [0.4, 0.5) is 4.39 Å². The molecule has 0 bridgehead atoms. The third-order valence-corrected chi connectivity index (χ3v) is 4.48. The van der Waals surface area contributed by atoms with Crippen molar-refractivity contribution in [1.82, 2.24) is 0 Å². The first-order valence-electron chi connectivity index (χ1n) is 6.84. The maximum atomic E-state index is 13.3. The van der Waals surface area contributed by atoms with Crippen molar-refractivity contribution in [2.24, 2.45) is 0 Å². The minimum Gasteiger partial charge on any atom is -0.507 e. The van der Waals surface area contributed by atoms with Crippen molar-refractivity contribution in [1.29, 1.82) is 0 Å². The van der Waals surface area contributed by atoms with Gasteiger partial charge in [0.15, 0.2) is 0 Å². The van der Waals surface area contributed by atoms with Gasteiger partial charge in [0.2, 0.25) is 0 Å². The Balaban J connectivity index is 1.81. The molecule has 3 rings (SSSR count). The van der Waals surface area contributed by atoms with E-state index in [0.717, 1.165) is 22.0 Å². The predicted octanol–water partition coefficient (Wildman–Crippen LogP) is 4.99. The number of phenolic OH excluding ortho intramolecular Hbond substituents is 1. The van der Waals surface area contributed by atoms with Crippen LogP contribution < -0.4 is 4.74 Å². The minimum atomic E-state index is -0.302. The van der Waals surface area contributed by atoms with Crippen molar-refractivity contribution in [3.8, 4) is 11.5 Å². The lowest BCUT2D eigenvalue weighted by molar-refractivity contribution is 0.414. The summed E-state index contributed by atoms with van der Waals surface area (Å²) in [6.45, 7) is 0. The van der Waals surface area contributed by atoms with Crippen LogP contribution in [0, 0.1) is 5.82 Å². The number of thioether (sulfide) groups is 1. The Morgan fingerprint density at radius 3 is 2.55 bits per heavy atom. The van der Waals surface area contributed by atoms with E-state index in [2.05, 4.69) is 0 Å². The van der Waals surface area contributed by atoms with Gasteiger partial charge in [0.25, 0.3) is 0 Å². The molecule has 0 saturated heterocycles. The lowest BCUT2D eigenvalue weighted by Gasteiger charge is -2.07. The van der Waals surface area contributed by atoms with Gasteiger partial charge in [0, 0.05) is 16.0 Å². The predicted molar refractivity (Wildman–Crippen MR) is 88.1 cm³/mol. The molecule has 0 unspecified atom stereocenters. The van der Waals surface area contributed by atoms with E-state index in [-0.39, 0.29) is 11.6 Å². The molecule has 112 valence electrons. The fraction of sp³-hybridized carbons (Fsp3) is 0.111. The van der Waals surface area contributed by atoms with E-state index in [9.17, 15) is 9.50 Å². The van der Waals surface area contributed by atoms with Crippen molar-refractivity contribution in [2.45, 2.75) is 10.6 Å². The maximum Gasteiger partial charge on any atom is 0.124 e. The Labute approximate surface area is 132 Å². The second-order valence-electron chi connectivity index (χ2n) is 4.94. The van der Waals surface area contributed by atoms with Crippen LogP contribution in [-0.4, -0.2) is 12.2 Å². The smallest absolute Gasteiger partial charge is 0.124 e. The van der Waals surface area contributed by atoms with Gasteiger partial charge < -0.3 is 9.84 Å². The largest absolute Gasteiger partial charge is 0.507 e. The van der Waals surface area contributed by atoms with Gasteiger partial charge in [0.05, 0.1) is 7.11 Å².